The third kappa shape index (κ3) is 8.52. The third-order valence-corrected chi connectivity index (χ3v) is 3.47. The van der Waals surface area contributed by atoms with Crippen molar-refractivity contribution in [3.63, 3.8) is 0 Å². The zero-order valence-electron chi connectivity index (χ0n) is 12.3. The molecule has 0 aromatic rings. The molecular formula is C17H27Br. The summed E-state index contributed by atoms with van der Waals surface area (Å²) in [7, 11) is 0. The molecule has 0 saturated carbocycles. The van der Waals surface area contributed by atoms with Crippen LogP contribution in [0.3, 0.4) is 0 Å². The van der Waals surface area contributed by atoms with Crippen LogP contribution in [0.25, 0.3) is 0 Å². The summed E-state index contributed by atoms with van der Waals surface area (Å²) in [6.45, 7) is 8.69. The molecule has 0 nitrogen and oxygen atoms in total. The smallest absolute Gasteiger partial charge is 0.0138 e. The molecule has 0 fully saturated rings. The van der Waals surface area contributed by atoms with Gasteiger partial charge in [0, 0.05) is 4.48 Å². The van der Waals surface area contributed by atoms with Gasteiger partial charge in [0.05, 0.1) is 0 Å². The number of hydrogen-bond acceptors (Lipinski definition) is 0. The van der Waals surface area contributed by atoms with Crippen molar-refractivity contribution < 1.29 is 0 Å². The van der Waals surface area contributed by atoms with Gasteiger partial charge >= 0.3 is 0 Å². The Balaban J connectivity index is 4.83. The van der Waals surface area contributed by atoms with Gasteiger partial charge in [0.1, 0.15) is 0 Å². The second kappa shape index (κ2) is 11.5. The van der Waals surface area contributed by atoms with Crippen molar-refractivity contribution in [2.24, 2.45) is 0 Å². The Morgan fingerprint density at radius 1 is 1.11 bits per heavy atom. The molecule has 0 aromatic heterocycles. The topological polar surface area (TPSA) is 0 Å². The molecule has 0 bridgehead atoms. The van der Waals surface area contributed by atoms with Crippen molar-refractivity contribution in [2.45, 2.75) is 59.8 Å². The minimum atomic E-state index is 1.14. The van der Waals surface area contributed by atoms with Crippen molar-refractivity contribution in [2.75, 3.05) is 0 Å². The highest BCUT2D eigenvalue weighted by molar-refractivity contribution is 9.11. The fraction of sp³-hybridized carbons (Fsp3) is 0.529. The van der Waals surface area contributed by atoms with Gasteiger partial charge < -0.3 is 0 Å². The Hall–Kier alpha value is -0.560. The van der Waals surface area contributed by atoms with Crippen molar-refractivity contribution in [1.29, 1.82) is 0 Å². The lowest BCUT2D eigenvalue weighted by molar-refractivity contribution is 0.814. The summed E-state index contributed by atoms with van der Waals surface area (Å²) in [6, 6.07) is 0. The minimum Gasteiger partial charge on any atom is -0.0839 e. The molecule has 0 aromatic carbocycles. The third-order valence-electron chi connectivity index (χ3n) is 2.79. The lowest BCUT2D eigenvalue weighted by Gasteiger charge is -2.03. The Labute approximate surface area is 122 Å². The van der Waals surface area contributed by atoms with Gasteiger partial charge in [-0.1, -0.05) is 73.3 Å². The summed E-state index contributed by atoms with van der Waals surface area (Å²) < 4.78 is 1.14. The SMILES string of the molecule is C\C=C(Br)/C=C(/C=C\CCCC)C(\C)=C\CCC. The van der Waals surface area contributed by atoms with E-state index in [0.717, 1.165) is 10.9 Å². The standard InChI is InChI=1S/C17H27Br/c1-5-8-10-11-13-16(14-17(18)7-3)15(4)12-9-6-2/h7,11-14H,5-6,8-10H2,1-4H3/b13-11-,15-12+,16-14-,17-7+. The van der Waals surface area contributed by atoms with Crippen LogP contribution in [0.1, 0.15) is 59.8 Å². The molecule has 0 amide bonds. The van der Waals surface area contributed by atoms with Crippen LogP contribution < -0.4 is 0 Å². The first-order chi connectivity index (χ1) is 8.65. The molecule has 0 spiro atoms. The maximum absolute atomic E-state index is 3.56. The first-order valence-electron chi connectivity index (χ1n) is 7.02. The largest absolute Gasteiger partial charge is 0.0839 e. The number of halogens is 1. The lowest BCUT2D eigenvalue weighted by Crippen LogP contribution is -1.83. The van der Waals surface area contributed by atoms with Crippen LogP contribution in [0.15, 0.2) is 46.0 Å². The molecule has 18 heavy (non-hydrogen) atoms. The van der Waals surface area contributed by atoms with Crippen LogP contribution in [0.2, 0.25) is 0 Å². The quantitative estimate of drug-likeness (QED) is 0.345. The molecule has 1 heteroatoms. The number of hydrogen-bond donors (Lipinski definition) is 0. The fourth-order valence-corrected chi connectivity index (χ4v) is 1.78. The monoisotopic (exact) mass is 310 g/mol. The Morgan fingerprint density at radius 2 is 1.83 bits per heavy atom. The molecule has 0 unspecified atom stereocenters. The Bertz CT molecular complexity index is 330. The molecule has 102 valence electrons. The van der Waals surface area contributed by atoms with Crippen LogP contribution >= 0.6 is 15.9 Å². The van der Waals surface area contributed by atoms with E-state index in [9.17, 15) is 0 Å². The van der Waals surface area contributed by atoms with Gasteiger partial charge in [-0.2, -0.15) is 0 Å². The maximum atomic E-state index is 3.56. The predicted octanol–water partition coefficient (Wildman–Crippen LogP) is 6.70. The highest BCUT2D eigenvalue weighted by atomic mass is 79.9. The number of unbranched alkanes of at least 4 members (excludes halogenated alkanes) is 3. The van der Waals surface area contributed by atoms with Crippen LogP contribution in [0.5, 0.6) is 0 Å². The molecule has 0 rings (SSSR count). The Kier molecular flexibility index (Phi) is 11.2. The van der Waals surface area contributed by atoms with Gasteiger partial charge in [0.25, 0.3) is 0 Å². The van der Waals surface area contributed by atoms with Gasteiger partial charge in [-0.3, -0.25) is 0 Å². The van der Waals surface area contributed by atoms with Gasteiger partial charge in [-0.25, -0.2) is 0 Å². The first kappa shape index (κ1) is 17.4. The van der Waals surface area contributed by atoms with Crippen LogP contribution in [-0.4, -0.2) is 0 Å². The van der Waals surface area contributed by atoms with E-state index in [4.69, 9.17) is 0 Å². The molecule has 0 radical (unpaired) electrons. The van der Waals surface area contributed by atoms with Gasteiger partial charge in [-0.15, -0.1) is 0 Å². The van der Waals surface area contributed by atoms with Crippen molar-refractivity contribution in [3.8, 4) is 0 Å². The summed E-state index contributed by atoms with van der Waals surface area (Å²) in [5, 5.41) is 0. The van der Waals surface area contributed by atoms with E-state index in [2.05, 4.69) is 67.1 Å². The van der Waals surface area contributed by atoms with Gasteiger partial charge in [0.15, 0.2) is 0 Å². The van der Waals surface area contributed by atoms with Gasteiger partial charge in [-0.05, 0) is 43.9 Å². The number of allylic oxidation sites excluding steroid dienone is 8. The van der Waals surface area contributed by atoms with E-state index in [1.54, 1.807) is 0 Å². The minimum absolute atomic E-state index is 1.14. The summed E-state index contributed by atoms with van der Waals surface area (Å²) in [4.78, 5) is 0. The van der Waals surface area contributed by atoms with E-state index in [-0.39, 0.29) is 0 Å². The second-order valence-corrected chi connectivity index (χ2v) is 5.41. The highest BCUT2D eigenvalue weighted by Gasteiger charge is 1.96. The normalized spacial score (nSPS) is 14.6. The van der Waals surface area contributed by atoms with E-state index in [0.29, 0.717) is 0 Å². The molecule has 0 aliphatic carbocycles. The van der Waals surface area contributed by atoms with E-state index >= 15 is 0 Å². The van der Waals surface area contributed by atoms with Crippen LogP contribution in [0, 0.1) is 0 Å². The molecule has 0 aliphatic rings. The van der Waals surface area contributed by atoms with Crippen LogP contribution in [-0.2, 0) is 0 Å². The molecule has 0 heterocycles. The van der Waals surface area contributed by atoms with E-state index in [1.165, 1.54) is 36.8 Å². The number of rotatable bonds is 8. The maximum Gasteiger partial charge on any atom is 0.0138 e. The summed E-state index contributed by atoms with van der Waals surface area (Å²) in [5.74, 6) is 0. The zero-order valence-corrected chi connectivity index (χ0v) is 13.9. The summed E-state index contributed by atoms with van der Waals surface area (Å²) in [5.41, 5.74) is 2.67. The second-order valence-electron chi connectivity index (χ2n) is 4.49. The molecule has 0 saturated heterocycles. The summed E-state index contributed by atoms with van der Waals surface area (Å²) in [6.07, 6.45) is 17.2. The van der Waals surface area contributed by atoms with Crippen molar-refractivity contribution in [1.82, 2.24) is 0 Å². The molecule has 0 aliphatic heterocycles. The average molecular weight is 311 g/mol. The molecule has 0 N–H and O–H groups in total. The highest BCUT2D eigenvalue weighted by Crippen LogP contribution is 2.18. The van der Waals surface area contributed by atoms with E-state index in [1.807, 2.05) is 6.92 Å². The summed E-state index contributed by atoms with van der Waals surface area (Å²) >= 11 is 3.56. The molecule has 0 atom stereocenters. The van der Waals surface area contributed by atoms with Crippen molar-refractivity contribution in [3.05, 3.63) is 46.0 Å². The zero-order chi connectivity index (χ0) is 13.8. The van der Waals surface area contributed by atoms with E-state index < -0.39 is 0 Å². The first-order valence-corrected chi connectivity index (χ1v) is 7.82. The fourth-order valence-electron chi connectivity index (χ4n) is 1.54. The van der Waals surface area contributed by atoms with Crippen LogP contribution in [0.4, 0.5) is 0 Å². The Morgan fingerprint density at radius 3 is 2.39 bits per heavy atom. The average Bonchev–Trinajstić information content (AvgIpc) is 2.39. The molecular weight excluding hydrogens is 284 g/mol. The van der Waals surface area contributed by atoms with Crippen molar-refractivity contribution >= 4 is 15.9 Å². The lowest BCUT2D eigenvalue weighted by atomic mass is 10.0. The predicted molar refractivity (Wildman–Crippen MR) is 88.1 cm³/mol. The van der Waals surface area contributed by atoms with Gasteiger partial charge in [0.2, 0.25) is 0 Å².